The molecule has 0 saturated carbocycles. The van der Waals surface area contributed by atoms with E-state index in [4.69, 9.17) is 0 Å². The predicted molar refractivity (Wildman–Crippen MR) is 62.5 cm³/mol. The molecule has 3 atom stereocenters. The van der Waals surface area contributed by atoms with Crippen LogP contribution in [0.15, 0.2) is 12.7 Å². The molecule has 6 nitrogen and oxygen atoms in total. The highest BCUT2D eigenvalue weighted by Gasteiger charge is 2.43. The van der Waals surface area contributed by atoms with Crippen molar-refractivity contribution in [3.63, 3.8) is 0 Å². The summed E-state index contributed by atoms with van der Waals surface area (Å²) in [5.41, 5.74) is 0. The van der Waals surface area contributed by atoms with E-state index in [1.165, 1.54) is 13.0 Å². The minimum absolute atomic E-state index is 0.0322. The minimum atomic E-state index is -0.802. The molecule has 0 radical (unpaired) electrons. The SMILES string of the molecule is C=CCOC(=O)CC(=O)C[C@H]1NC(=O)[C@@H]1[C@@H](C)O. The van der Waals surface area contributed by atoms with Gasteiger partial charge in [-0.1, -0.05) is 12.7 Å². The van der Waals surface area contributed by atoms with Gasteiger partial charge in [0.1, 0.15) is 18.8 Å². The van der Waals surface area contributed by atoms with Crippen LogP contribution in [0.2, 0.25) is 0 Å². The molecule has 0 aliphatic carbocycles. The van der Waals surface area contributed by atoms with Gasteiger partial charge < -0.3 is 15.2 Å². The number of rotatable bonds is 7. The van der Waals surface area contributed by atoms with Crippen molar-refractivity contribution in [3.05, 3.63) is 12.7 Å². The number of carbonyl (C=O) groups excluding carboxylic acids is 3. The van der Waals surface area contributed by atoms with E-state index >= 15 is 0 Å². The van der Waals surface area contributed by atoms with Crippen LogP contribution in [0, 0.1) is 5.92 Å². The van der Waals surface area contributed by atoms with Crippen molar-refractivity contribution in [2.75, 3.05) is 6.61 Å². The standard InChI is InChI=1S/C12H17NO5/c1-3-4-18-10(16)6-8(15)5-9-11(7(2)14)12(17)13-9/h3,7,9,11,14H,1,4-6H2,2H3,(H,13,17)/t7-,9-,11-/m1/s1. The predicted octanol–water partition coefficient (Wildman–Crippen LogP) is -0.440. The Morgan fingerprint density at radius 2 is 2.28 bits per heavy atom. The highest BCUT2D eigenvalue weighted by Crippen LogP contribution is 2.22. The van der Waals surface area contributed by atoms with Crippen LogP contribution >= 0.6 is 0 Å². The number of β-lactam (4-membered cyclic amide) rings is 1. The molecule has 1 heterocycles. The molecule has 0 aromatic heterocycles. The molecule has 1 saturated heterocycles. The molecule has 1 amide bonds. The lowest BCUT2D eigenvalue weighted by atomic mass is 9.83. The summed E-state index contributed by atoms with van der Waals surface area (Å²) in [5.74, 6) is -1.77. The fraction of sp³-hybridized carbons (Fsp3) is 0.583. The van der Waals surface area contributed by atoms with Crippen LogP contribution < -0.4 is 5.32 Å². The number of nitrogens with one attached hydrogen (secondary N) is 1. The van der Waals surface area contributed by atoms with Crippen LogP contribution in [0.1, 0.15) is 19.8 Å². The van der Waals surface area contributed by atoms with Crippen molar-refractivity contribution in [2.45, 2.75) is 31.9 Å². The highest BCUT2D eigenvalue weighted by atomic mass is 16.5. The quantitative estimate of drug-likeness (QED) is 0.278. The Hall–Kier alpha value is -1.69. The van der Waals surface area contributed by atoms with Crippen LogP contribution in [0.4, 0.5) is 0 Å². The lowest BCUT2D eigenvalue weighted by molar-refractivity contribution is -0.145. The van der Waals surface area contributed by atoms with E-state index in [1.54, 1.807) is 0 Å². The van der Waals surface area contributed by atoms with Gasteiger partial charge in [-0.2, -0.15) is 0 Å². The Labute approximate surface area is 105 Å². The van der Waals surface area contributed by atoms with Gasteiger partial charge in [0.05, 0.1) is 12.0 Å². The maximum atomic E-state index is 11.5. The summed E-state index contributed by atoms with van der Waals surface area (Å²) in [6.45, 7) is 4.95. The first-order valence-corrected chi connectivity index (χ1v) is 5.72. The first kappa shape index (κ1) is 14.4. The molecule has 2 N–H and O–H groups in total. The second-order valence-electron chi connectivity index (χ2n) is 4.27. The largest absolute Gasteiger partial charge is 0.461 e. The molecule has 0 spiro atoms. The lowest BCUT2D eigenvalue weighted by Crippen LogP contribution is -2.62. The van der Waals surface area contributed by atoms with E-state index in [9.17, 15) is 19.5 Å². The van der Waals surface area contributed by atoms with Crippen LogP contribution in [0.3, 0.4) is 0 Å². The molecule has 0 bridgehead atoms. The Bertz CT molecular complexity index is 363. The fourth-order valence-electron chi connectivity index (χ4n) is 1.87. The number of esters is 1. The molecule has 1 aliphatic rings. The third kappa shape index (κ3) is 3.66. The van der Waals surface area contributed by atoms with E-state index in [2.05, 4.69) is 16.6 Å². The van der Waals surface area contributed by atoms with E-state index in [-0.39, 0.29) is 31.1 Å². The summed E-state index contributed by atoms with van der Waals surface area (Å²) in [7, 11) is 0. The Kier molecular flexibility index (Phi) is 5.03. The van der Waals surface area contributed by atoms with Gasteiger partial charge in [0.2, 0.25) is 5.91 Å². The third-order valence-electron chi connectivity index (χ3n) is 2.73. The molecule has 1 rings (SSSR count). The molecule has 0 aromatic carbocycles. The highest BCUT2D eigenvalue weighted by molar-refractivity contribution is 5.97. The molecule has 1 aliphatic heterocycles. The van der Waals surface area contributed by atoms with E-state index in [0.29, 0.717) is 0 Å². The van der Waals surface area contributed by atoms with Crippen LogP contribution in [-0.2, 0) is 19.1 Å². The van der Waals surface area contributed by atoms with Crippen molar-refractivity contribution in [3.8, 4) is 0 Å². The first-order chi connectivity index (χ1) is 8.45. The molecule has 6 heteroatoms. The van der Waals surface area contributed by atoms with Crippen molar-refractivity contribution >= 4 is 17.7 Å². The number of Topliss-reactive ketones (excluding diaryl/α,β-unsaturated/α-hetero) is 1. The van der Waals surface area contributed by atoms with Gasteiger partial charge in [0, 0.05) is 12.5 Å². The van der Waals surface area contributed by atoms with Crippen LogP contribution in [0.5, 0.6) is 0 Å². The van der Waals surface area contributed by atoms with Gasteiger partial charge in [0.15, 0.2) is 0 Å². The number of ketones is 1. The Balaban J connectivity index is 2.35. The van der Waals surface area contributed by atoms with E-state index in [1.807, 2.05) is 0 Å². The molecular formula is C12H17NO5. The number of aliphatic hydroxyl groups is 1. The fourth-order valence-corrected chi connectivity index (χ4v) is 1.87. The van der Waals surface area contributed by atoms with Crippen molar-refractivity contribution in [1.82, 2.24) is 5.32 Å². The second-order valence-corrected chi connectivity index (χ2v) is 4.27. The summed E-state index contributed by atoms with van der Waals surface area (Å²) >= 11 is 0. The van der Waals surface area contributed by atoms with Crippen LogP contribution in [0.25, 0.3) is 0 Å². The molecule has 0 aromatic rings. The topological polar surface area (TPSA) is 92.7 Å². The van der Waals surface area contributed by atoms with Gasteiger partial charge >= 0.3 is 5.97 Å². The zero-order chi connectivity index (χ0) is 13.7. The zero-order valence-electron chi connectivity index (χ0n) is 10.2. The maximum absolute atomic E-state index is 11.5. The number of amides is 1. The molecule has 18 heavy (non-hydrogen) atoms. The molecule has 0 unspecified atom stereocenters. The summed E-state index contributed by atoms with van der Waals surface area (Å²) < 4.78 is 4.68. The summed E-state index contributed by atoms with van der Waals surface area (Å²) in [5, 5.41) is 11.9. The Morgan fingerprint density at radius 3 is 2.78 bits per heavy atom. The maximum Gasteiger partial charge on any atom is 0.313 e. The lowest BCUT2D eigenvalue weighted by Gasteiger charge is -2.38. The number of carbonyl (C=O) groups is 3. The summed E-state index contributed by atoms with van der Waals surface area (Å²) in [6, 6.07) is -0.391. The minimum Gasteiger partial charge on any atom is -0.461 e. The first-order valence-electron chi connectivity index (χ1n) is 5.72. The summed E-state index contributed by atoms with van der Waals surface area (Å²) in [6.07, 6.45) is 0.319. The smallest absolute Gasteiger partial charge is 0.313 e. The Morgan fingerprint density at radius 1 is 1.61 bits per heavy atom. The molecule has 1 fully saturated rings. The van der Waals surface area contributed by atoms with E-state index < -0.39 is 24.0 Å². The average molecular weight is 255 g/mol. The van der Waals surface area contributed by atoms with Gasteiger partial charge in [0.25, 0.3) is 0 Å². The van der Waals surface area contributed by atoms with Crippen molar-refractivity contribution in [1.29, 1.82) is 0 Å². The average Bonchev–Trinajstić information content (AvgIpc) is 2.24. The summed E-state index contributed by atoms with van der Waals surface area (Å²) in [4.78, 5) is 33.8. The monoisotopic (exact) mass is 255 g/mol. The normalized spacial score (nSPS) is 23.6. The molecule has 100 valence electrons. The number of aliphatic hydroxyl groups excluding tert-OH is 1. The second kappa shape index (κ2) is 6.30. The van der Waals surface area contributed by atoms with Gasteiger partial charge in [-0.05, 0) is 6.92 Å². The number of ether oxygens (including phenoxy) is 1. The third-order valence-corrected chi connectivity index (χ3v) is 2.73. The van der Waals surface area contributed by atoms with Crippen LogP contribution in [-0.4, -0.2) is 41.5 Å². The number of hydrogen-bond donors (Lipinski definition) is 2. The van der Waals surface area contributed by atoms with Crippen molar-refractivity contribution in [2.24, 2.45) is 5.92 Å². The van der Waals surface area contributed by atoms with Gasteiger partial charge in [-0.3, -0.25) is 14.4 Å². The van der Waals surface area contributed by atoms with E-state index in [0.717, 1.165) is 0 Å². The zero-order valence-corrected chi connectivity index (χ0v) is 10.2. The van der Waals surface area contributed by atoms with Gasteiger partial charge in [-0.25, -0.2) is 0 Å². The van der Waals surface area contributed by atoms with Crippen molar-refractivity contribution < 1.29 is 24.2 Å². The van der Waals surface area contributed by atoms with Gasteiger partial charge in [-0.15, -0.1) is 0 Å². The number of hydrogen-bond acceptors (Lipinski definition) is 5. The molecular weight excluding hydrogens is 238 g/mol.